The molecule has 0 saturated carbocycles. The Morgan fingerprint density at radius 3 is 2.54 bits per heavy atom. The molecule has 1 aliphatic rings. The van der Waals surface area contributed by atoms with E-state index in [0.29, 0.717) is 0 Å². The second-order valence-corrected chi connectivity index (χ2v) is 5.95. The van der Waals surface area contributed by atoms with Crippen molar-refractivity contribution < 1.29 is 29.0 Å². The molecule has 0 spiro atoms. The number of hydrogen-bond donors (Lipinski definition) is 0. The number of nitro groups is 1. The largest absolute Gasteiger partial charge is 0.458 e. The Labute approximate surface area is 159 Å². The summed E-state index contributed by atoms with van der Waals surface area (Å²) >= 11 is 0. The fraction of sp³-hybridized carbons (Fsp3) is 0.211. The average Bonchev–Trinajstić information content (AvgIpc) is 3.05. The van der Waals surface area contributed by atoms with Crippen LogP contribution in [0.4, 0.5) is 5.69 Å². The van der Waals surface area contributed by atoms with Crippen LogP contribution >= 0.6 is 0 Å². The lowest BCUT2D eigenvalue weighted by Gasteiger charge is -2.18. The van der Waals surface area contributed by atoms with Crippen molar-refractivity contribution in [2.24, 2.45) is 0 Å². The van der Waals surface area contributed by atoms with Crippen molar-refractivity contribution in [3.05, 3.63) is 81.0 Å². The van der Waals surface area contributed by atoms with Gasteiger partial charge in [-0.25, -0.2) is 4.79 Å². The van der Waals surface area contributed by atoms with Crippen LogP contribution in [0.15, 0.2) is 54.6 Å². The summed E-state index contributed by atoms with van der Waals surface area (Å²) in [6, 6.07) is 13.5. The van der Waals surface area contributed by atoms with Crippen LogP contribution in [-0.2, 0) is 14.4 Å². The zero-order valence-corrected chi connectivity index (χ0v) is 14.8. The van der Waals surface area contributed by atoms with Gasteiger partial charge in [0.2, 0.25) is 0 Å². The summed E-state index contributed by atoms with van der Waals surface area (Å²) in [6.07, 6.45) is -1.36. The number of non-ortho nitro benzene ring substituents is 1. The van der Waals surface area contributed by atoms with Crippen molar-refractivity contribution in [2.75, 3.05) is 6.61 Å². The van der Waals surface area contributed by atoms with Gasteiger partial charge in [-0.15, -0.1) is 0 Å². The molecule has 0 saturated heterocycles. The molecule has 9 nitrogen and oxygen atoms in total. The molecule has 1 aliphatic heterocycles. The smallest absolute Gasteiger partial charge is 0.405 e. The monoisotopic (exact) mass is 384 g/mol. The molecule has 0 amide bonds. The van der Waals surface area contributed by atoms with Crippen molar-refractivity contribution in [3.63, 3.8) is 0 Å². The van der Waals surface area contributed by atoms with E-state index in [-0.39, 0.29) is 28.3 Å². The van der Waals surface area contributed by atoms with Crippen LogP contribution in [0.3, 0.4) is 0 Å². The van der Waals surface area contributed by atoms with Gasteiger partial charge in [0, 0.05) is 17.7 Å². The van der Waals surface area contributed by atoms with Crippen molar-refractivity contribution in [1.29, 1.82) is 0 Å². The number of esters is 1. The minimum Gasteiger partial charge on any atom is -0.458 e. The number of hydrogen-bond acceptors (Lipinski definition) is 7. The molecular weight excluding hydrogens is 368 g/mol. The number of carbonyl (C=O) groups is 2. The maximum absolute atomic E-state index is 12.9. The molecule has 0 fully saturated rings. The third kappa shape index (κ3) is 3.54. The van der Waals surface area contributed by atoms with Crippen LogP contribution in [-0.4, -0.2) is 40.0 Å². The molecule has 28 heavy (non-hydrogen) atoms. The Morgan fingerprint density at radius 1 is 1.18 bits per heavy atom. The first-order valence-electron chi connectivity index (χ1n) is 8.45. The van der Waals surface area contributed by atoms with Gasteiger partial charge >= 0.3 is 11.7 Å². The normalized spacial score (nSPS) is 18.5. The van der Waals surface area contributed by atoms with E-state index in [0.717, 1.165) is 0 Å². The van der Waals surface area contributed by atoms with E-state index < -0.39 is 34.4 Å². The Balaban J connectivity index is 2.08. The third-order valence-electron chi connectivity index (χ3n) is 4.24. The first kappa shape index (κ1) is 19.0. The van der Waals surface area contributed by atoms with E-state index in [1.165, 1.54) is 24.3 Å². The van der Waals surface area contributed by atoms with E-state index in [2.05, 4.69) is 0 Å². The van der Waals surface area contributed by atoms with Crippen LogP contribution < -0.4 is 0 Å². The lowest BCUT2D eigenvalue weighted by atomic mass is 9.85. The van der Waals surface area contributed by atoms with Gasteiger partial charge in [-0.2, -0.15) is 0 Å². The molecule has 1 heterocycles. The van der Waals surface area contributed by atoms with Crippen LogP contribution in [0.1, 0.15) is 28.8 Å². The minimum atomic E-state index is -1.36. The Morgan fingerprint density at radius 2 is 1.89 bits per heavy atom. The first-order valence-corrected chi connectivity index (χ1v) is 8.45. The number of ketones is 1. The summed E-state index contributed by atoms with van der Waals surface area (Å²) < 4.78 is 4.92. The van der Waals surface area contributed by atoms with Gasteiger partial charge in [0.05, 0.1) is 16.4 Å². The Hall–Kier alpha value is -3.75. The number of carbonyl (C=O) groups excluding carboxylic acids is 2. The summed E-state index contributed by atoms with van der Waals surface area (Å²) in [6.45, 7) is 1.58. The highest BCUT2D eigenvalue weighted by Gasteiger charge is 2.49. The molecular formula is C19H16N2O7. The SMILES string of the molecule is CCOC(=O)C1=[N+]([O-])O[C@H](C(=O)c2ccccc2)[C@H]1c1cccc([N+](=O)[O-])c1. The van der Waals surface area contributed by atoms with E-state index >= 15 is 0 Å². The molecule has 2 atom stereocenters. The molecule has 0 N–H and O–H groups in total. The van der Waals surface area contributed by atoms with Crippen molar-refractivity contribution in [2.45, 2.75) is 18.9 Å². The summed E-state index contributed by atoms with van der Waals surface area (Å²) in [5.74, 6) is -2.63. The highest BCUT2D eigenvalue weighted by atomic mass is 16.9. The standard InChI is InChI=1S/C19H16N2O7/c1-2-27-19(23)16-15(13-9-6-10-14(11-13)20(24)25)18(28-21(16)26)17(22)12-7-4-3-5-8-12/h3-11,15,18H,2H2,1H3/t15-,18-/m0/s1. The predicted molar refractivity (Wildman–Crippen MR) is 96.8 cm³/mol. The van der Waals surface area contributed by atoms with Crippen LogP contribution in [0.2, 0.25) is 0 Å². The van der Waals surface area contributed by atoms with Gasteiger partial charge in [0.1, 0.15) is 12.0 Å². The lowest BCUT2D eigenvalue weighted by molar-refractivity contribution is -0.736. The molecule has 9 heteroatoms. The first-order chi connectivity index (χ1) is 13.4. The van der Waals surface area contributed by atoms with E-state index in [1.54, 1.807) is 37.3 Å². The quantitative estimate of drug-likeness (QED) is 0.246. The minimum absolute atomic E-state index is 0.00906. The Bertz CT molecular complexity index is 956. The van der Waals surface area contributed by atoms with Gasteiger partial charge in [-0.1, -0.05) is 42.5 Å². The molecule has 0 aliphatic carbocycles. The van der Waals surface area contributed by atoms with Crippen molar-refractivity contribution in [1.82, 2.24) is 0 Å². The molecule has 144 valence electrons. The third-order valence-corrected chi connectivity index (χ3v) is 4.24. The fourth-order valence-electron chi connectivity index (χ4n) is 3.01. The number of nitro benzene ring substituents is 1. The molecule has 0 bridgehead atoms. The van der Waals surface area contributed by atoms with E-state index in [1.807, 2.05) is 0 Å². The van der Waals surface area contributed by atoms with Crippen LogP contribution in [0.25, 0.3) is 0 Å². The molecule has 2 aromatic carbocycles. The summed E-state index contributed by atoms with van der Waals surface area (Å²) in [4.78, 5) is 40.9. The maximum atomic E-state index is 12.9. The maximum Gasteiger partial charge on any atom is 0.405 e. The zero-order valence-electron chi connectivity index (χ0n) is 14.8. The number of ether oxygens (including phenoxy) is 1. The van der Waals surface area contributed by atoms with Crippen LogP contribution in [0, 0.1) is 15.3 Å². The van der Waals surface area contributed by atoms with Crippen LogP contribution in [0.5, 0.6) is 0 Å². The molecule has 3 rings (SSSR count). The number of nitrogens with zero attached hydrogens (tertiary/aromatic N) is 2. The molecule has 2 aromatic rings. The fourth-order valence-corrected chi connectivity index (χ4v) is 3.01. The summed E-state index contributed by atoms with van der Waals surface area (Å²) in [5.41, 5.74) is -0.168. The highest BCUT2D eigenvalue weighted by molar-refractivity contribution is 6.37. The summed E-state index contributed by atoms with van der Waals surface area (Å²) in [5, 5.41) is 23.4. The van der Waals surface area contributed by atoms with Gasteiger partial charge in [-0.05, 0) is 12.5 Å². The number of benzene rings is 2. The second kappa shape index (κ2) is 7.87. The highest BCUT2D eigenvalue weighted by Crippen LogP contribution is 2.33. The van der Waals surface area contributed by atoms with E-state index in [9.17, 15) is 24.9 Å². The van der Waals surface area contributed by atoms with Gasteiger partial charge in [-0.3, -0.25) is 20.1 Å². The second-order valence-electron chi connectivity index (χ2n) is 5.95. The molecule has 0 unspecified atom stereocenters. The van der Waals surface area contributed by atoms with E-state index in [4.69, 9.17) is 9.57 Å². The number of rotatable bonds is 6. The van der Waals surface area contributed by atoms with Gasteiger partial charge in [0.15, 0.2) is 5.78 Å². The van der Waals surface area contributed by atoms with Gasteiger partial charge in [0.25, 0.3) is 5.69 Å². The lowest BCUT2D eigenvalue weighted by Crippen LogP contribution is -2.33. The molecule has 0 radical (unpaired) electrons. The predicted octanol–water partition coefficient (Wildman–Crippen LogP) is 2.39. The molecule has 0 aromatic heterocycles. The van der Waals surface area contributed by atoms with Gasteiger partial charge < -0.3 is 9.57 Å². The average molecular weight is 384 g/mol. The van der Waals surface area contributed by atoms with Crippen molar-refractivity contribution >= 4 is 23.2 Å². The van der Waals surface area contributed by atoms with Crippen molar-refractivity contribution in [3.8, 4) is 0 Å². The zero-order chi connectivity index (χ0) is 20.3. The summed E-state index contributed by atoms with van der Waals surface area (Å²) in [7, 11) is 0. The number of Topliss-reactive ketones (excluding diaryl/α,β-unsaturated/α-hetero) is 1. The topological polar surface area (TPSA) is 122 Å². The Kier molecular flexibility index (Phi) is 5.35.